The highest BCUT2D eigenvalue weighted by atomic mass is 16.3. The Morgan fingerprint density at radius 1 is 0.405 bits per heavy atom. The first-order chi connectivity index (χ1) is 16.1. The van der Waals surface area contributed by atoms with E-state index in [1.165, 1.54) is 0 Å². The summed E-state index contributed by atoms with van der Waals surface area (Å²) in [5.74, 6) is 0. The quantitative estimate of drug-likeness (QED) is 0.338. The van der Waals surface area contributed by atoms with Crippen LogP contribution in [0.2, 0.25) is 0 Å². The molecular weight excluding hydrogens is 460 g/mol. The van der Waals surface area contributed by atoms with Crippen molar-refractivity contribution in [3.63, 3.8) is 0 Å². The summed E-state index contributed by atoms with van der Waals surface area (Å²) in [5.41, 5.74) is 0.0829. The van der Waals surface area contributed by atoms with Gasteiger partial charge >= 0.3 is 0 Å². The minimum absolute atomic E-state index is 0.00620. The lowest BCUT2D eigenvalue weighted by molar-refractivity contribution is -0.0817. The van der Waals surface area contributed by atoms with E-state index in [9.17, 15) is 5.11 Å². The van der Waals surface area contributed by atoms with Crippen LogP contribution in [0.1, 0.15) is 125 Å². The van der Waals surface area contributed by atoms with E-state index >= 15 is 0 Å². The molecule has 0 fully saturated rings. The van der Waals surface area contributed by atoms with Crippen molar-refractivity contribution in [1.29, 1.82) is 0 Å². The summed E-state index contributed by atoms with van der Waals surface area (Å²) in [5, 5.41) is 14.2. The van der Waals surface area contributed by atoms with Crippen LogP contribution in [0.3, 0.4) is 0 Å². The molecule has 0 atom stereocenters. The number of nitrogens with one attached hydrogen (secondary N) is 1. The van der Waals surface area contributed by atoms with E-state index < -0.39 is 0 Å². The van der Waals surface area contributed by atoms with E-state index in [4.69, 9.17) is 0 Å². The molecule has 0 heterocycles. The molecule has 0 saturated carbocycles. The molecule has 0 radical (unpaired) electrons. The monoisotopic (exact) mass is 529 g/mol. The van der Waals surface area contributed by atoms with Gasteiger partial charge in [-0.15, -0.1) is 0 Å². The molecule has 0 aliphatic carbocycles. The Labute approximate surface area is 232 Å². The Morgan fingerprint density at radius 3 is 0.973 bits per heavy atom. The van der Waals surface area contributed by atoms with Gasteiger partial charge in [-0.3, -0.25) is 29.8 Å². The number of aliphatic hydroxyl groups is 1. The van der Waals surface area contributed by atoms with Gasteiger partial charge in [0.05, 0.1) is 40.1 Å². The molecule has 0 aromatic rings. The number of nitrogens with zero attached hydrogens (tertiary/aromatic N) is 5. The van der Waals surface area contributed by atoms with Crippen LogP contribution in [0.25, 0.3) is 0 Å². The zero-order valence-corrected chi connectivity index (χ0v) is 28.4. The standard InChI is InChI=1S/C30H68N6O/c1-25(2,3)34(26(4,5)6)20-31-19-32(22-35(27(7,8)9)28(10,11)12)21-33(24-37)23-36(29(13,14)15)30(16,17)18/h31,37H,19-24H2,1-18H3. The van der Waals surface area contributed by atoms with Crippen LogP contribution in [0, 0.1) is 0 Å². The smallest absolute Gasteiger partial charge is 0.0976 e. The van der Waals surface area contributed by atoms with E-state index in [1.54, 1.807) is 0 Å². The second-order valence-electron chi connectivity index (χ2n) is 16.8. The van der Waals surface area contributed by atoms with E-state index in [1.807, 2.05) is 0 Å². The SMILES string of the molecule is CC(C)(C)N(CNCN(CN(CO)CN(C(C)(C)C)C(C)(C)C)CN(C(C)(C)C)C(C)(C)C)C(C)(C)C. The van der Waals surface area contributed by atoms with Crippen LogP contribution in [0.5, 0.6) is 0 Å². The highest BCUT2D eigenvalue weighted by Gasteiger charge is 2.36. The van der Waals surface area contributed by atoms with Gasteiger partial charge in [0.25, 0.3) is 0 Å². The molecule has 0 unspecified atom stereocenters. The van der Waals surface area contributed by atoms with Crippen LogP contribution in [0.4, 0.5) is 0 Å². The van der Waals surface area contributed by atoms with Gasteiger partial charge in [-0.25, -0.2) is 0 Å². The first kappa shape index (κ1) is 36.7. The molecule has 0 aromatic heterocycles. The topological polar surface area (TPSA) is 48.5 Å². The fraction of sp³-hybridized carbons (Fsp3) is 1.00. The molecule has 0 aliphatic rings. The molecule has 0 aromatic carbocycles. The maximum absolute atomic E-state index is 10.5. The summed E-state index contributed by atoms with van der Waals surface area (Å²) >= 11 is 0. The van der Waals surface area contributed by atoms with Crippen molar-refractivity contribution in [2.45, 2.75) is 158 Å². The maximum atomic E-state index is 10.5. The van der Waals surface area contributed by atoms with Gasteiger partial charge in [0.15, 0.2) is 0 Å². The molecular formula is C30H68N6O. The number of hydrogen-bond acceptors (Lipinski definition) is 7. The molecule has 0 saturated heterocycles. The lowest BCUT2D eigenvalue weighted by Gasteiger charge is -2.50. The molecule has 0 amide bonds. The van der Waals surface area contributed by atoms with Gasteiger partial charge in [0, 0.05) is 33.2 Å². The Morgan fingerprint density at radius 2 is 0.703 bits per heavy atom. The molecule has 0 aliphatic heterocycles. The summed E-state index contributed by atoms with van der Waals surface area (Å²) in [6.07, 6.45) is 0. The molecule has 7 nitrogen and oxygen atoms in total. The molecule has 0 bridgehead atoms. The third-order valence-corrected chi connectivity index (χ3v) is 6.75. The fourth-order valence-electron chi connectivity index (χ4n) is 5.62. The van der Waals surface area contributed by atoms with Gasteiger partial charge in [-0.1, -0.05) is 0 Å². The third kappa shape index (κ3) is 13.1. The first-order valence-electron chi connectivity index (χ1n) is 14.2. The lowest BCUT2D eigenvalue weighted by atomic mass is 9.97. The van der Waals surface area contributed by atoms with Crippen LogP contribution in [0.15, 0.2) is 0 Å². The first-order valence-corrected chi connectivity index (χ1v) is 14.2. The predicted molar refractivity (Wildman–Crippen MR) is 162 cm³/mol. The van der Waals surface area contributed by atoms with Crippen molar-refractivity contribution in [1.82, 2.24) is 29.8 Å². The van der Waals surface area contributed by atoms with Crippen LogP contribution >= 0.6 is 0 Å². The Bertz CT molecular complexity index is 611. The summed E-state index contributed by atoms with van der Waals surface area (Å²) in [4.78, 5) is 12.1. The largest absolute Gasteiger partial charge is 0.381 e. The molecule has 0 spiro atoms. The number of aliphatic hydroxyl groups excluding tert-OH is 1. The zero-order chi connectivity index (χ0) is 29.8. The fourth-order valence-corrected chi connectivity index (χ4v) is 5.62. The number of hydrogen-bond donors (Lipinski definition) is 2. The van der Waals surface area contributed by atoms with E-state index in [0.717, 1.165) is 20.0 Å². The molecule has 37 heavy (non-hydrogen) atoms. The van der Waals surface area contributed by atoms with E-state index in [2.05, 4.69) is 154 Å². The second-order valence-corrected chi connectivity index (χ2v) is 16.8. The van der Waals surface area contributed by atoms with Gasteiger partial charge in [-0.05, 0) is 125 Å². The van der Waals surface area contributed by atoms with Crippen molar-refractivity contribution >= 4 is 0 Å². The van der Waals surface area contributed by atoms with Gasteiger partial charge in [0.1, 0.15) is 0 Å². The minimum atomic E-state index is -0.0163. The summed E-state index contributed by atoms with van der Waals surface area (Å²) in [7, 11) is 0. The van der Waals surface area contributed by atoms with Crippen LogP contribution in [-0.4, -0.2) is 103 Å². The lowest BCUT2D eigenvalue weighted by Crippen LogP contribution is -2.62. The van der Waals surface area contributed by atoms with Gasteiger partial charge in [0.2, 0.25) is 0 Å². The van der Waals surface area contributed by atoms with Crippen molar-refractivity contribution in [3.8, 4) is 0 Å². The van der Waals surface area contributed by atoms with Crippen molar-refractivity contribution < 1.29 is 5.11 Å². The van der Waals surface area contributed by atoms with E-state index in [0.29, 0.717) is 13.3 Å². The third-order valence-electron chi connectivity index (χ3n) is 6.75. The summed E-state index contributed by atoms with van der Waals surface area (Å²) in [6, 6.07) is 0. The highest BCUT2D eigenvalue weighted by Crippen LogP contribution is 2.27. The minimum Gasteiger partial charge on any atom is -0.381 e. The normalized spacial score (nSPS) is 15.2. The maximum Gasteiger partial charge on any atom is 0.0976 e. The van der Waals surface area contributed by atoms with Crippen LogP contribution < -0.4 is 5.32 Å². The Kier molecular flexibility index (Phi) is 12.8. The van der Waals surface area contributed by atoms with Crippen LogP contribution in [-0.2, 0) is 0 Å². The van der Waals surface area contributed by atoms with Crippen molar-refractivity contribution in [2.24, 2.45) is 0 Å². The Hall–Kier alpha value is -0.280. The predicted octanol–water partition coefficient (Wildman–Crippen LogP) is 5.61. The highest BCUT2D eigenvalue weighted by molar-refractivity contribution is 4.89. The van der Waals surface area contributed by atoms with E-state index in [-0.39, 0.29) is 40.0 Å². The molecule has 224 valence electrons. The molecule has 7 heteroatoms. The molecule has 2 N–H and O–H groups in total. The second kappa shape index (κ2) is 12.9. The average molecular weight is 529 g/mol. The zero-order valence-electron chi connectivity index (χ0n) is 28.4. The Balaban J connectivity index is 6.00. The van der Waals surface area contributed by atoms with Gasteiger partial charge in [-0.2, -0.15) is 0 Å². The summed E-state index contributed by atoms with van der Waals surface area (Å²) < 4.78 is 0. The average Bonchev–Trinajstić information content (AvgIpc) is 2.59. The van der Waals surface area contributed by atoms with Crippen molar-refractivity contribution in [3.05, 3.63) is 0 Å². The number of rotatable bonds is 11. The van der Waals surface area contributed by atoms with Crippen molar-refractivity contribution in [2.75, 3.05) is 40.1 Å². The van der Waals surface area contributed by atoms with Gasteiger partial charge < -0.3 is 5.11 Å². The summed E-state index contributed by atoms with van der Waals surface area (Å²) in [6.45, 7) is 44.6. The molecule has 0 rings (SSSR count).